The molecule has 13 heteroatoms. The molecule has 0 radical (unpaired) electrons. The minimum atomic E-state index is -4.40. The van der Waals surface area contributed by atoms with Gasteiger partial charge in [0.25, 0.3) is 0 Å². The summed E-state index contributed by atoms with van der Waals surface area (Å²) in [4.78, 5) is 44.0. The van der Waals surface area contributed by atoms with Gasteiger partial charge < -0.3 is 24.8 Å². The first-order valence-electron chi connectivity index (χ1n) is 13.8. The quantitative estimate of drug-likeness (QED) is 0.301. The minimum Gasteiger partial charge on any atom is -0.497 e. The summed E-state index contributed by atoms with van der Waals surface area (Å²) in [5.41, 5.74) is 2.39. The molecule has 0 spiro atoms. The Morgan fingerprint density at radius 1 is 0.884 bits per heavy atom. The van der Waals surface area contributed by atoms with Gasteiger partial charge in [-0.2, -0.15) is 13.1 Å². The number of methoxy groups -OCH3 is 1. The molecule has 12 nitrogen and oxygen atoms in total. The van der Waals surface area contributed by atoms with E-state index in [0.29, 0.717) is 37.6 Å². The maximum absolute atomic E-state index is 13.4. The van der Waals surface area contributed by atoms with Gasteiger partial charge in [-0.1, -0.05) is 48.5 Å². The first kappa shape index (κ1) is 31.3. The zero-order valence-electron chi connectivity index (χ0n) is 24.1. The number of nitrogens with zero attached hydrogens (tertiary/aromatic N) is 3. The molecule has 1 atom stereocenters. The van der Waals surface area contributed by atoms with Crippen molar-refractivity contribution in [2.24, 2.45) is 0 Å². The van der Waals surface area contributed by atoms with Crippen molar-refractivity contribution >= 4 is 39.4 Å². The number of likely N-dealkylation sites (N-methyl/N-ethyl adjacent to an activating group) is 1. The molecule has 3 N–H and O–H groups in total. The van der Waals surface area contributed by atoms with Crippen LogP contribution in [0.1, 0.15) is 5.56 Å². The number of amides is 4. The second kappa shape index (κ2) is 14.5. The number of nitrogens with one attached hydrogen (secondary N) is 3. The number of benzene rings is 3. The third-order valence-electron chi connectivity index (χ3n) is 7.07. The van der Waals surface area contributed by atoms with Gasteiger partial charge in [-0.05, 0) is 42.0 Å². The molecule has 0 saturated carbocycles. The van der Waals surface area contributed by atoms with Crippen LogP contribution in [0.5, 0.6) is 5.75 Å². The van der Waals surface area contributed by atoms with Crippen LogP contribution in [0.3, 0.4) is 0 Å². The van der Waals surface area contributed by atoms with Crippen LogP contribution in [-0.4, -0.2) is 84.1 Å². The van der Waals surface area contributed by atoms with Gasteiger partial charge in [0.15, 0.2) is 0 Å². The Bertz CT molecular complexity index is 1480. The lowest BCUT2D eigenvalue weighted by molar-refractivity contribution is -0.130. The molecule has 4 rings (SSSR count). The van der Waals surface area contributed by atoms with Gasteiger partial charge >= 0.3 is 16.2 Å². The number of piperazine rings is 1. The van der Waals surface area contributed by atoms with Crippen LogP contribution in [0.15, 0.2) is 84.9 Å². The number of rotatable bonds is 11. The van der Waals surface area contributed by atoms with E-state index in [2.05, 4.69) is 14.9 Å². The van der Waals surface area contributed by atoms with E-state index in [0.717, 1.165) is 11.3 Å². The number of hydrogen-bond donors (Lipinski definition) is 3. The Balaban J connectivity index is 1.33. The van der Waals surface area contributed by atoms with Crippen molar-refractivity contribution in [1.82, 2.24) is 19.7 Å². The van der Waals surface area contributed by atoms with E-state index in [-0.39, 0.29) is 6.42 Å². The molecule has 1 saturated heterocycles. The number of urea groups is 1. The predicted molar refractivity (Wildman–Crippen MR) is 164 cm³/mol. The average molecular weight is 609 g/mol. The largest absolute Gasteiger partial charge is 0.497 e. The summed E-state index contributed by atoms with van der Waals surface area (Å²) in [5, 5.41) is 2.48. The maximum atomic E-state index is 13.4. The van der Waals surface area contributed by atoms with Crippen LogP contribution in [-0.2, 0) is 26.2 Å². The van der Waals surface area contributed by atoms with Crippen LogP contribution in [0.25, 0.3) is 0 Å². The summed E-state index contributed by atoms with van der Waals surface area (Å²) in [6.45, 7) is 1.60. The van der Waals surface area contributed by atoms with Crippen LogP contribution in [0.4, 0.5) is 16.2 Å². The lowest BCUT2D eigenvalue weighted by atomic mass is 10.0. The van der Waals surface area contributed by atoms with Gasteiger partial charge in [0.1, 0.15) is 11.8 Å². The van der Waals surface area contributed by atoms with Gasteiger partial charge in [-0.3, -0.25) is 9.59 Å². The number of carbonyl (C=O) groups excluding carboxylic acids is 3. The molecule has 228 valence electrons. The highest BCUT2D eigenvalue weighted by Crippen LogP contribution is 2.20. The molecule has 0 bridgehead atoms. The molecule has 43 heavy (non-hydrogen) atoms. The predicted octanol–water partition coefficient (Wildman–Crippen LogP) is 1.75. The molecule has 3 aromatic rings. The topological polar surface area (TPSA) is 140 Å². The summed E-state index contributed by atoms with van der Waals surface area (Å²) < 4.78 is 34.4. The Hall–Kier alpha value is -4.62. The Kier molecular flexibility index (Phi) is 10.6. The molecule has 1 unspecified atom stereocenters. The summed E-state index contributed by atoms with van der Waals surface area (Å²) in [6, 6.07) is 23.5. The van der Waals surface area contributed by atoms with E-state index in [4.69, 9.17) is 4.74 Å². The molecular formula is C30H36N6O6S. The summed E-state index contributed by atoms with van der Waals surface area (Å²) in [7, 11) is -1.30. The summed E-state index contributed by atoms with van der Waals surface area (Å²) in [6.07, 6.45) is 0.120. The Morgan fingerprint density at radius 2 is 1.49 bits per heavy atom. The van der Waals surface area contributed by atoms with E-state index in [1.54, 1.807) is 60.5 Å². The first-order chi connectivity index (χ1) is 20.6. The van der Waals surface area contributed by atoms with E-state index in [1.165, 1.54) is 12.0 Å². The normalized spacial score (nSPS) is 14.0. The number of carbonyl (C=O) groups is 3. The van der Waals surface area contributed by atoms with Crippen molar-refractivity contribution in [3.05, 3.63) is 90.5 Å². The molecule has 0 aliphatic carbocycles. The van der Waals surface area contributed by atoms with E-state index >= 15 is 0 Å². The monoisotopic (exact) mass is 608 g/mol. The SMILES string of the molecule is COc1ccc(N(C)C(=O)C(Cc2ccccc2)NC(=O)NS(=O)(=O)NCC(=O)N2CCN(c3ccccc3)CC2)cc1. The lowest BCUT2D eigenvalue weighted by Gasteiger charge is -2.36. The molecule has 1 aliphatic heterocycles. The van der Waals surface area contributed by atoms with Gasteiger partial charge in [-0.25, -0.2) is 9.52 Å². The number of anilines is 2. The lowest BCUT2D eigenvalue weighted by Crippen LogP contribution is -2.55. The molecule has 4 amide bonds. The van der Waals surface area contributed by atoms with E-state index in [9.17, 15) is 22.8 Å². The zero-order chi connectivity index (χ0) is 30.8. The van der Waals surface area contributed by atoms with E-state index < -0.39 is 40.6 Å². The molecule has 1 fully saturated rings. The summed E-state index contributed by atoms with van der Waals surface area (Å²) in [5.74, 6) is -0.246. The number of hydrogen-bond acceptors (Lipinski definition) is 7. The van der Waals surface area contributed by atoms with Crippen molar-refractivity contribution in [3.63, 3.8) is 0 Å². The highest BCUT2D eigenvalue weighted by atomic mass is 32.2. The summed E-state index contributed by atoms with van der Waals surface area (Å²) >= 11 is 0. The van der Waals surface area contributed by atoms with Crippen LogP contribution in [0, 0.1) is 0 Å². The van der Waals surface area contributed by atoms with Crippen molar-refractivity contribution in [1.29, 1.82) is 0 Å². The molecule has 1 heterocycles. The number of para-hydroxylation sites is 1. The average Bonchev–Trinajstić information content (AvgIpc) is 3.03. The first-order valence-corrected chi connectivity index (χ1v) is 15.2. The van der Waals surface area contributed by atoms with Gasteiger partial charge in [0.2, 0.25) is 11.8 Å². The van der Waals surface area contributed by atoms with E-state index in [1.807, 2.05) is 41.1 Å². The van der Waals surface area contributed by atoms with Crippen LogP contribution in [0.2, 0.25) is 0 Å². The van der Waals surface area contributed by atoms with Crippen molar-refractivity contribution in [2.75, 3.05) is 56.7 Å². The molecular weight excluding hydrogens is 572 g/mol. The van der Waals surface area contributed by atoms with Crippen molar-refractivity contribution < 1.29 is 27.5 Å². The highest BCUT2D eigenvalue weighted by Gasteiger charge is 2.28. The second-order valence-corrected chi connectivity index (χ2v) is 11.4. The van der Waals surface area contributed by atoms with Gasteiger partial charge in [-0.15, -0.1) is 0 Å². The number of ether oxygens (including phenoxy) is 1. The fourth-order valence-electron chi connectivity index (χ4n) is 4.68. The maximum Gasteiger partial charge on any atom is 0.330 e. The Morgan fingerprint density at radius 3 is 2.09 bits per heavy atom. The van der Waals surface area contributed by atoms with Gasteiger partial charge in [0.05, 0.1) is 13.7 Å². The second-order valence-electron chi connectivity index (χ2n) is 9.94. The fourth-order valence-corrected chi connectivity index (χ4v) is 5.37. The third kappa shape index (κ3) is 8.93. The van der Waals surface area contributed by atoms with Crippen LogP contribution < -0.4 is 29.3 Å². The molecule has 0 aromatic heterocycles. The molecule has 3 aromatic carbocycles. The highest BCUT2D eigenvalue weighted by molar-refractivity contribution is 7.88. The smallest absolute Gasteiger partial charge is 0.330 e. The Labute approximate surface area is 251 Å². The third-order valence-corrected chi connectivity index (χ3v) is 8.05. The van der Waals surface area contributed by atoms with Crippen molar-refractivity contribution in [3.8, 4) is 5.75 Å². The fraction of sp³-hybridized carbons (Fsp3) is 0.300. The standard InChI is InChI=1S/C30H36N6O6S/c1-34(24-13-15-26(42-2)16-14-24)29(38)27(21-23-9-5-3-6-10-23)32-30(39)33-43(40,41)31-22-28(37)36-19-17-35(18-20-36)25-11-7-4-8-12-25/h3-16,27,31H,17-22H2,1-2H3,(H2,32,33,39). The zero-order valence-corrected chi connectivity index (χ0v) is 24.9. The molecule has 1 aliphatic rings. The van der Waals surface area contributed by atoms with Crippen molar-refractivity contribution in [2.45, 2.75) is 12.5 Å². The van der Waals surface area contributed by atoms with Crippen LogP contribution >= 0.6 is 0 Å². The minimum absolute atomic E-state index is 0.120. The van der Waals surface area contributed by atoms with Gasteiger partial charge in [0, 0.05) is 51.0 Å².